The highest BCUT2D eigenvalue weighted by atomic mass is 19.1. The maximum atomic E-state index is 13.0. The van der Waals surface area contributed by atoms with E-state index in [-0.39, 0.29) is 18.5 Å². The van der Waals surface area contributed by atoms with Crippen LogP contribution in [0.25, 0.3) is 0 Å². The van der Waals surface area contributed by atoms with Gasteiger partial charge in [0.2, 0.25) is 0 Å². The topological polar surface area (TPSA) is 32.3 Å². The van der Waals surface area contributed by atoms with Crippen molar-refractivity contribution < 1.29 is 9.50 Å². The van der Waals surface area contributed by atoms with E-state index in [9.17, 15) is 4.39 Å². The van der Waals surface area contributed by atoms with Crippen LogP contribution in [-0.2, 0) is 6.54 Å². The van der Waals surface area contributed by atoms with Crippen LogP contribution < -0.4 is 5.32 Å². The Bertz CT molecular complexity index is 339. The Labute approximate surface area is 96.5 Å². The summed E-state index contributed by atoms with van der Waals surface area (Å²) in [5.74, 6) is 0.145. The number of nitrogens with one attached hydrogen (secondary N) is 1. The number of hydrogen-bond donors (Lipinski definition) is 2. The average molecular weight is 225 g/mol. The summed E-state index contributed by atoms with van der Waals surface area (Å²) >= 11 is 0. The first-order valence-electron chi connectivity index (χ1n) is 5.64. The lowest BCUT2D eigenvalue weighted by molar-refractivity contribution is 0.210. The molecule has 1 rings (SSSR count). The van der Waals surface area contributed by atoms with Gasteiger partial charge in [-0.2, -0.15) is 0 Å². The number of aryl methyl sites for hydroxylation is 1. The molecular weight excluding hydrogens is 205 g/mol. The van der Waals surface area contributed by atoms with Gasteiger partial charge in [-0.1, -0.05) is 19.9 Å². The summed E-state index contributed by atoms with van der Waals surface area (Å²) in [7, 11) is 0. The van der Waals surface area contributed by atoms with Gasteiger partial charge in [0.05, 0.1) is 6.61 Å². The maximum absolute atomic E-state index is 13.0. The molecule has 0 fully saturated rings. The smallest absolute Gasteiger partial charge is 0.123 e. The molecule has 0 aliphatic heterocycles. The number of aliphatic hydroxyl groups excluding tert-OH is 1. The van der Waals surface area contributed by atoms with E-state index in [1.807, 2.05) is 20.8 Å². The second-order valence-electron chi connectivity index (χ2n) is 4.48. The second kappa shape index (κ2) is 5.97. The molecule has 0 saturated heterocycles. The van der Waals surface area contributed by atoms with Crippen LogP contribution in [0.3, 0.4) is 0 Å². The third-order valence-electron chi connectivity index (χ3n) is 2.87. The van der Waals surface area contributed by atoms with E-state index in [4.69, 9.17) is 5.11 Å². The summed E-state index contributed by atoms with van der Waals surface area (Å²) in [5.41, 5.74) is 2.01. The third kappa shape index (κ3) is 3.58. The SMILES string of the molecule is Cc1ccc(F)cc1CN[C@H](CO)C(C)C. The van der Waals surface area contributed by atoms with Crippen LogP contribution in [0.2, 0.25) is 0 Å². The van der Waals surface area contributed by atoms with Gasteiger partial charge in [-0.05, 0) is 36.1 Å². The molecule has 3 heteroatoms. The van der Waals surface area contributed by atoms with Gasteiger partial charge in [-0.3, -0.25) is 0 Å². The quantitative estimate of drug-likeness (QED) is 0.805. The lowest BCUT2D eigenvalue weighted by atomic mass is 10.0. The molecule has 0 unspecified atom stereocenters. The van der Waals surface area contributed by atoms with Gasteiger partial charge in [0, 0.05) is 12.6 Å². The van der Waals surface area contributed by atoms with E-state index < -0.39 is 0 Å². The van der Waals surface area contributed by atoms with Crippen LogP contribution in [0.1, 0.15) is 25.0 Å². The van der Waals surface area contributed by atoms with Gasteiger partial charge in [0.25, 0.3) is 0 Å². The van der Waals surface area contributed by atoms with Crippen LogP contribution in [0.5, 0.6) is 0 Å². The Kier molecular flexibility index (Phi) is 4.90. The van der Waals surface area contributed by atoms with E-state index >= 15 is 0 Å². The molecule has 0 spiro atoms. The van der Waals surface area contributed by atoms with E-state index in [0.717, 1.165) is 11.1 Å². The zero-order valence-corrected chi connectivity index (χ0v) is 10.1. The van der Waals surface area contributed by atoms with Crippen LogP contribution in [-0.4, -0.2) is 17.8 Å². The van der Waals surface area contributed by atoms with Crippen molar-refractivity contribution in [1.82, 2.24) is 5.32 Å². The van der Waals surface area contributed by atoms with Crippen LogP contribution in [0.15, 0.2) is 18.2 Å². The van der Waals surface area contributed by atoms with Crippen molar-refractivity contribution in [2.45, 2.75) is 33.4 Å². The molecule has 0 heterocycles. The fourth-order valence-electron chi connectivity index (χ4n) is 1.58. The first-order valence-corrected chi connectivity index (χ1v) is 5.64. The minimum atomic E-state index is -0.215. The number of rotatable bonds is 5. The molecule has 90 valence electrons. The Balaban J connectivity index is 2.63. The van der Waals surface area contributed by atoms with Crippen molar-refractivity contribution in [2.24, 2.45) is 5.92 Å². The Morgan fingerprint density at radius 1 is 1.38 bits per heavy atom. The fourth-order valence-corrected chi connectivity index (χ4v) is 1.58. The van der Waals surface area contributed by atoms with Crippen molar-refractivity contribution in [3.63, 3.8) is 0 Å². The highest BCUT2D eigenvalue weighted by Crippen LogP contribution is 2.11. The van der Waals surface area contributed by atoms with Crippen LogP contribution in [0, 0.1) is 18.7 Å². The first-order chi connectivity index (χ1) is 7.54. The second-order valence-corrected chi connectivity index (χ2v) is 4.48. The lowest BCUT2D eigenvalue weighted by Crippen LogP contribution is -2.36. The zero-order valence-electron chi connectivity index (χ0n) is 10.1. The molecule has 2 N–H and O–H groups in total. The summed E-state index contributed by atoms with van der Waals surface area (Å²) in [4.78, 5) is 0. The van der Waals surface area contributed by atoms with Gasteiger partial charge in [0.1, 0.15) is 5.82 Å². The normalized spacial score (nSPS) is 13.1. The predicted molar refractivity (Wildman–Crippen MR) is 63.7 cm³/mol. The summed E-state index contributed by atoms with van der Waals surface area (Å²) in [5, 5.41) is 12.4. The van der Waals surface area contributed by atoms with Crippen molar-refractivity contribution in [3.05, 3.63) is 35.1 Å². The van der Waals surface area contributed by atoms with Crippen molar-refractivity contribution in [3.8, 4) is 0 Å². The van der Waals surface area contributed by atoms with Crippen molar-refractivity contribution >= 4 is 0 Å². The maximum Gasteiger partial charge on any atom is 0.123 e. The van der Waals surface area contributed by atoms with Crippen molar-refractivity contribution in [1.29, 1.82) is 0 Å². The molecular formula is C13H20FNO. The molecule has 2 nitrogen and oxygen atoms in total. The number of hydrogen-bond acceptors (Lipinski definition) is 2. The zero-order chi connectivity index (χ0) is 12.1. The Hall–Kier alpha value is -0.930. The fraction of sp³-hybridized carbons (Fsp3) is 0.538. The number of aliphatic hydroxyl groups is 1. The van der Waals surface area contributed by atoms with Gasteiger partial charge in [-0.25, -0.2) is 4.39 Å². The highest BCUT2D eigenvalue weighted by molar-refractivity contribution is 5.26. The molecule has 0 radical (unpaired) electrons. The first kappa shape index (κ1) is 13.1. The lowest BCUT2D eigenvalue weighted by Gasteiger charge is -2.20. The molecule has 16 heavy (non-hydrogen) atoms. The standard InChI is InChI=1S/C13H20FNO/c1-9(2)13(8-16)15-7-11-6-12(14)5-4-10(11)3/h4-6,9,13,15-16H,7-8H2,1-3H3/t13-/m1/s1. The predicted octanol–water partition coefficient (Wildman–Crippen LogP) is 2.24. The monoisotopic (exact) mass is 225 g/mol. The molecule has 0 saturated carbocycles. The molecule has 1 aromatic rings. The molecule has 1 atom stereocenters. The number of benzene rings is 1. The van der Waals surface area contributed by atoms with Gasteiger partial charge in [0.15, 0.2) is 0 Å². The molecule has 1 aromatic carbocycles. The summed E-state index contributed by atoms with van der Waals surface area (Å²) in [6, 6.07) is 4.83. The summed E-state index contributed by atoms with van der Waals surface area (Å²) in [6.45, 7) is 6.75. The van der Waals surface area contributed by atoms with Gasteiger partial charge in [-0.15, -0.1) is 0 Å². The van der Waals surface area contributed by atoms with E-state index in [1.54, 1.807) is 6.07 Å². The Morgan fingerprint density at radius 2 is 2.06 bits per heavy atom. The summed E-state index contributed by atoms with van der Waals surface area (Å²) < 4.78 is 13.0. The molecule has 0 amide bonds. The third-order valence-corrected chi connectivity index (χ3v) is 2.87. The largest absolute Gasteiger partial charge is 0.395 e. The minimum Gasteiger partial charge on any atom is -0.395 e. The van der Waals surface area contributed by atoms with Crippen LogP contribution >= 0.6 is 0 Å². The number of halogens is 1. The molecule has 0 aromatic heterocycles. The van der Waals surface area contributed by atoms with Crippen LogP contribution in [0.4, 0.5) is 4.39 Å². The minimum absolute atomic E-state index is 0.0580. The van der Waals surface area contributed by atoms with E-state index in [0.29, 0.717) is 12.5 Å². The highest BCUT2D eigenvalue weighted by Gasteiger charge is 2.11. The Morgan fingerprint density at radius 3 is 2.62 bits per heavy atom. The van der Waals surface area contributed by atoms with E-state index in [2.05, 4.69) is 5.32 Å². The summed E-state index contributed by atoms with van der Waals surface area (Å²) in [6.07, 6.45) is 0. The van der Waals surface area contributed by atoms with Gasteiger partial charge < -0.3 is 10.4 Å². The molecule has 0 aliphatic carbocycles. The average Bonchev–Trinajstić information content (AvgIpc) is 2.23. The van der Waals surface area contributed by atoms with E-state index in [1.165, 1.54) is 12.1 Å². The molecule has 0 aliphatic rings. The molecule has 0 bridgehead atoms. The van der Waals surface area contributed by atoms with Gasteiger partial charge >= 0.3 is 0 Å². The van der Waals surface area contributed by atoms with Crippen molar-refractivity contribution in [2.75, 3.05) is 6.61 Å².